The van der Waals surface area contributed by atoms with Gasteiger partial charge in [-0.15, -0.1) is 0 Å². The first-order valence-corrected chi connectivity index (χ1v) is 11.3. The van der Waals surface area contributed by atoms with E-state index in [1.165, 1.54) is 33.9 Å². The average Bonchev–Trinajstić information content (AvgIpc) is 3.24. The largest absolute Gasteiger partial charge is 0.506 e. The zero-order chi connectivity index (χ0) is 24.4. The molecule has 0 aliphatic rings. The molecule has 4 aromatic rings. The van der Waals surface area contributed by atoms with E-state index in [0.29, 0.717) is 11.3 Å². The van der Waals surface area contributed by atoms with Crippen molar-refractivity contribution in [2.24, 2.45) is 5.10 Å². The lowest BCUT2D eigenvalue weighted by Gasteiger charge is -2.16. The number of hydrogen-bond acceptors (Lipinski definition) is 4. The Bertz CT molecular complexity index is 1390. The fourth-order valence-corrected chi connectivity index (χ4v) is 4.31. The molecule has 34 heavy (non-hydrogen) atoms. The molecule has 0 saturated carbocycles. The molecule has 0 bridgehead atoms. The molecule has 4 rings (SSSR count). The van der Waals surface area contributed by atoms with Gasteiger partial charge in [-0.2, -0.15) is 5.10 Å². The number of aryl methyl sites for hydroxylation is 2. The van der Waals surface area contributed by atoms with Crippen LogP contribution in [0.4, 0.5) is 5.69 Å². The van der Waals surface area contributed by atoms with Crippen LogP contribution < -0.4 is 10.7 Å². The molecule has 6 heteroatoms. The smallest absolute Gasteiger partial charge is 0.271 e. The van der Waals surface area contributed by atoms with Crippen LogP contribution in [0.3, 0.4) is 0 Å². The minimum Gasteiger partial charge on any atom is -0.506 e. The molecule has 0 unspecified atom stereocenters. The maximum absolute atomic E-state index is 12.5. The number of benzene rings is 3. The third kappa shape index (κ3) is 4.39. The molecule has 0 atom stereocenters. The Balaban J connectivity index is 1.57. The summed E-state index contributed by atoms with van der Waals surface area (Å²) in [6.07, 6.45) is 3.77. The number of amides is 1. The number of hydrogen-bond donors (Lipinski definition) is 3. The molecule has 3 aromatic carbocycles. The number of fused-ring (bicyclic) bond motifs is 1. The van der Waals surface area contributed by atoms with Crippen molar-refractivity contribution in [2.45, 2.75) is 34.2 Å². The van der Waals surface area contributed by atoms with Gasteiger partial charge in [0, 0.05) is 41.8 Å². The Kier molecular flexibility index (Phi) is 6.41. The third-order valence-corrected chi connectivity index (χ3v) is 6.60. The van der Waals surface area contributed by atoms with Gasteiger partial charge in [-0.1, -0.05) is 18.2 Å². The van der Waals surface area contributed by atoms with E-state index < -0.39 is 0 Å². The van der Waals surface area contributed by atoms with Crippen LogP contribution in [0.5, 0.6) is 5.75 Å². The van der Waals surface area contributed by atoms with Crippen LogP contribution in [0.25, 0.3) is 10.9 Å². The molecule has 0 aliphatic carbocycles. The van der Waals surface area contributed by atoms with Crippen molar-refractivity contribution in [1.82, 2.24) is 9.99 Å². The van der Waals surface area contributed by atoms with E-state index in [2.05, 4.69) is 72.5 Å². The molecular formula is C28H30N4O2. The number of nitrogens with one attached hydrogen (secondary N) is 2. The summed E-state index contributed by atoms with van der Waals surface area (Å²) in [5, 5.41) is 17.9. The van der Waals surface area contributed by atoms with E-state index in [4.69, 9.17) is 0 Å². The molecule has 174 valence electrons. The van der Waals surface area contributed by atoms with Gasteiger partial charge in [0.2, 0.25) is 0 Å². The van der Waals surface area contributed by atoms with Crippen molar-refractivity contribution in [3.63, 3.8) is 0 Å². The van der Waals surface area contributed by atoms with E-state index in [9.17, 15) is 9.90 Å². The fourth-order valence-electron chi connectivity index (χ4n) is 4.31. The standard InChI is InChI=1S/C28H30N4O2/c1-17-13-18(2)20(4)24(19(17)3)16-32-12-11-23-22(7-6-8-26(23)32)15-30-31-28(34)21-9-10-27(33)25(14-21)29-5/h6-15,29,33H,16H2,1-5H3,(H,31,34). The summed E-state index contributed by atoms with van der Waals surface area (Å²) in [6, 6.07) is 15.0. The van der Waals surface area contributed by atoms with Crippen LogP contribution in [0.1, 0.15) is 43.7 Å². The highest BCUT2D eigenvalue weighted by molar-refractivity contribution is 6.00. The van der Waals surface area contributed by atoms with E-state index in [1.807, 2.05) is 12.1 Å². The van der Waals surface area contributed by atoms with E-state index in [0.717, 1.165) is 23.0 Å². The average molecular weight is 455 g/mol. The van der Waals surface area contributed by atoms with Crippen molar-refractivity contribution in [3.05, 3.63) is 93.7 Å². The summed E-state index contributed by atoms with van der Waals surface area (Å²) in [7, 11) is 1.68. The topological polar surface area (TPSA) is 78.7 Å². The molecule has 1 heterocycles. The van der Waals surface area contributed by atoms with Crippen molar-refractivity contribution >= 4 is 28.7 Å². The number of phenols is 1. The molecule has 6 nitrogen and oxygen atoms in total. The molecule has 0 aliphatic heterocycles. The van der Waals surface area contributed by atoms with E-state index >= 15 is 0 Å². The van der Waals surface area contributed by atoms with Crippen LogP contribution in [-0.4, -0.2) is 28.8 Å². The van der Waals surface area contributed by atoms with Crippen molar-refractivity contribution < 1.29 is 9.90 Å². The highest BCUT2D eigenvalue weighted by atomic mass is 16.3. The first kappa shape index (κ1) is 23.1. The predicted octanol–water partition coefficient (Wildman–Crippen LogP) is 5.43. The summed E-state index contributed by atoms with van der Waals surface area (Å²) in [6.45, 7) is 9.52. The Labute approximate surface area is 199 Å². The fraction of sp³-hybridized carbons (Fsp3) is 0.214. The third-order valence-electron chi connectivity index (χ3n) is 6.60. The molecule has 0 fully saturated rings. The number of phenolic OH excluding ortho intramolecular Hbond substituents is 1. The van der Waals surface area contributed by atoms with Gasteiger partial charge in [0.1, 0.15) is 5.75 Å². The second-order valence-corrected chi connectivity index (χ2v) is 8.64. The number of aromatic nitrogens is 1. The lowest BCUT2D eigenvalue weighted by atomic mass is 9.94. The van der Waals surface area contributed by atoms with Gasteiger partial charge in [-0.25, -0.2) is 5.43 Å². The first-order chi connectivity index (χ1) is 16.3. The summed E-state index contributed by atoms with van der Waals surface area (Å²) in [4.78, 5) is 12.5. The predicted molar refractivity (Wildman–Crippen MR) is 139 cm³/mol. The lowest BCUT2D eigenvalue weighted by molar-refractivity contribution is 0.0955. The number of aromatic hydroxyl groups is 1. The summed E-state index contributed by atoms with van der Waals surface area (Å²) in [5.74, 6) is -0.261. The Morgan fingerprint density at radius 3 is 2.47 bits per heavy atom. The van der Waals surface area contributed by atoms with Gasteiger partial charge < -0.3 is 15.0 Å². The van der Waals surface area contributed by atoms with Gasteiger partial charge in [-0.3, -0.25) is 4.79 Å². The molecule has 1 aromatic heterocycles. The minimum atomic E-state index is -0.349. The lowest BCUT2D eigenvalue weighted by Crippen LogP contribution is -2.17. The normalized spacial score (nSPS) is 11.3. The second-order valence-electron chi connectivity index (χ2n) is 8.64. The van der Waals surface area contributed by atoms with E-state index in [-0.39, 0.29) is 11.7 Å². The van der Waals surface area contributed by atoms with Crippen molar-refractivity contribution in [2.75, 3.05) is 12.4 Å². The summed E-state index contributed by atoms with van der Waals surface area (Å²) < 4.78 is 2.26. The Hall–Kier alpha value is -4.06. The highest BCUT2D eigenvalue weighted by Crippen LogP contribution is 2.26. The molecular weight excluding hydrogens is 424 g/mol. The first-order valence-electron chi connectivity index (χ1n) is 11.3. The van der Waals surface area contributed by atoms with Gasteiger partial charge in [0.05, 0.1) is 11.9 Å². The van der Waals surface area contributed by atoms with Gasteiger partial charge >= 0.3 is 0 Å². The molecule has 0 saturated heterocycles. The zero-order valence-electron chi connectivity index (χ0n) is 20.2. The van der Waals surface area contributed by atoms with Crippen LogP contribution in [0, 0.1) is 27.7 Å². The molecule has 1 amide bonds. The van der Waals surface area contributed by atoms with Gasteiger partial charge in [0.25, 0.3) is 5.91 Å². The monoisotopic (exact) mass is 454 g/mol. The van der Waals surface area contributed by atoms with Crippen LogP contribution >= 0.6 is 0 Å². The molecule has 0 spiro atoms. The summed E-state index contributed by atoms with van der Waals surface area (Å²) >= 11 is 0. The maximum atomic E-state index is 12.5. The number of hydrazone groups is 1. The molecule has 0 radical (unpaired) electrons. The number of carbonyl (C=O) groups excluding carboxylic acids is 1. The summed E-state index contributed by atoms with van der Waals surface area (Å²) in [5.41, 5.74) is 12.2. The minimum absolute atomic E-state index is 0.0879. The SMILES string of the molecule is CNc1cc(C(=O)NN=Cc2cccc3c2ccn3Cc2c(C)c(C)cc(C)c2C)ccc1O. The maximum Gasteiger partial charge on any atom is 0.271 e. The van der Waals surface area contributed by atoms with Crippen molar-refractivity contribution in [1.29, 1.82) is 0 Å². The number of rotatable bonds is 6. The second kappa shape index (κ2) is 9.43. The van der Waals surface area contributed by atoms with Crippen LogP contribution in [0.2, 0.25) is 0 Å². The number of nitrogens with zero attached hydrogens (tertiary/aromatic N) is 2. The zero-order valence-corrected chi connectivity index (χ0v) is 20.2. The van der Waals surface area contributed by atoms with Crippen LogP contribution in [0.15, 0.2) is 59.8 Å². The highest BCUT2D eigenvalue weighted by Gasteiger charge is 2.12. The van der Waals surface area contributed by atoms with E-state index in [1.54, 1.807) is 25.4 Å². The quantitative estimate of drug-likeness (QED) is 0.206. The number of anilines is 1. The Morgan fingerprint density at radius 1 is 1.03 bits per heavy atom. The van der Waals surface area contributed by atoms with Crippen molar-refractivity contribution in [3.8, 4) is 5.75 Å². The van der Waals surface area contributed by atoms with Gasteiger partial charge in [-0.05, 0) is 85.8 Å². The number of carbonyl (C=O) groups is 1. The molecule has 3 N–H and O–H groups in total. The van der Waals surface area contributed by atoms with Gasteiger partial charge in [0.15, 0.2) is 0 Å². The Morgan fingerprint density at radius 2 is 1.76 bits per heavy atom. The van der Waals surface area contributed by atoms with Crippen LogP contribution in [-0.2, 0) is 6.54 Å².